The van der Waals surface area contributed by atoms with Gasteiger partial charge in [0.05, 0.1) is 35.7 Å². The molecule has 0 spiro atoms. The highest BCUT2D eigenvalue weighted by Crippen LogP contribution is 2.36. The minimum Gasteiger partial charge on any atom is -0.460 e. The van der Waals surface area contributed by atoms with Crippen molar-refractivity contribution in [2.45, 2.75) is 0 Å². The van der Waals surface area contributed by atoms with Gasteiger partial charge < -0.3 is 30.3 Å². The van der Waals surface area contributed by atoms with E-state index in [0.29, 0.717) is 22.7 Å². The molecule has 0 unspecified atom stereocenters. The van der Waals surface area contributed by atoms with Gasteiger partial charge in [0.1, 0.15) is 13.2 Å². The van der Waals surface area contributed by atoms with E-state index in [9.17, 15) is 9.59 Å². The average Bonchev–Trinajstić information content (AvgIpc) is 2.83. The van der Waals surface area contributed by atoms with Crippen molar-refractivity contribution in [1.82, 2.24) is 0 Å². The summed E-state index contributed by atoms with van der Waals surface area (Å²) in [5.74, 6) is -1.33. The molecule has 0 aliphatic heterocycles. The van der Waals surface area contributed by atoms with Gasteiger partial charge in [-0.15, -0.1) is 0 Å². The highest BCUT2D eigenvalue weighted by molar-refractivity contribution is 6.07. The molecule has 8 heteroatoms. The number of esters is 2. The van der Waals surface area contributed by atoms with E-state index in [1.165, 1.54) is 12.1 Å². The first-order valence-corrected chi connectivity index (χ1v) is 10.0. The maximum absolute atomic E-state index is 12.7. The smallest absolute Gasteiger partial charge is 0.340 e. The van der Waals surface area contributed by atoms with Crippen LogP contribution in [0.4, 0.5) is 22.7 Å². The summed E-state index contributed by atoms with van der Waals surface area (Å²) >= 11 is 0. The molecule has 0 saturated heterocycles. The Morgan fingerprint density at radius 1 is 0.625 bits per heavy atom. The van der Waals surface area contributed by atoms with Crippen molar-refractivity contribution in [2.24, 2.45) is 0 Å². The van der Waals surface area contributed by atoms with Crippen molar-refractivity contribution in [3.63, 3.8) is 0 Å². The maximum atomic E-state index is 12.7. The van der Waals surface area contributed by atoms with Gasteiger partial charge in [-0.05, 0) is 36.4 Å². The molecule has 0 aliphatic rings. The second-order valence-electron chi connectivity index (χ2n) is 6.61. The molecule has 3 rings (SSSR count). The van der Waals surface area contributed by atoms with Crippen molar-refractivity contribution >= 4 is 34.7 Å². The number of hydrogen-bond donors (Lipinski definition) is 4. The van der Waals surface area contributed by atoms with Crippen LogP contribution in [0.5, 0.6) is 0 Å². The number of nitrogens with one attached hydrogen (secondary N) is 2. The largest absolute Gasteiger partial charge is 0.460 e. The number of hydrogen-bond acceptors (Lipinski definition) is 8. The lowest BCUT2D eigenvalue weighted by Crippen LogP contribution is -2.16. The second kappa shape index (κ2) is 11.5. The lowest BCUT2D eigenvalue weighted by molar-refractivity contribution is 0.0423. The van der Waals surface area contributed by atoms with Gasteiger partial charge in [0.15, 0.2) is 0 Å². The summed E-state index contributed by atoms with van der Waals surface area (Å²) in [6.45, 7) is -0.946. The Bertz CT molecular complexity index is 957. The molecule has 166 valence electrons. The molecule has 0 heterocycles. The fourth-order valence-electron chi connectivity index (χ4n) is 2.97. The van der Waals surface area contributed by atoms with E-state index < -0.39 is 11.9 Å². The van der Waals surface area contributed by atoms with E-state index >= 15 is 0 Å². The number of rotatable bonds is 10. The zero-order chi connectivity index (χ0) is 22.8. The highest BCUT2D eigenvalue weighted by Gasteiger charge is 2.24. The van der Waals surface area contributed by atoms with Crippen LogP contribution in [0.25, 0.3) is 0 Å². The van der Waals surface area contributed by atoms with Crippen LogP contribution in [0, 0.1) is 0 Å². The van der Waals surface area contributed by atoms with Crippen molar-refractivity contribution in [2.75, 3.05) is 37.1 Å². The zero-order valence-electron chi connectivity index (χ0n) is 17.3. The molecule has 0 radical (unpaired) electrons. The molecule has 0 amide bonds. The molecule has 0 bridgehead atoms. The van der Waals surface area contributed by atoms with E-state index in [-0.39, 0.29) is 37.6 Å². The highest BCUT2D eigenvalue weighted by atomic mass is 16.5. The van der Waals surface area contributed by atoms with Crippen LogP contribution in [0.1, 0.15) is 20.7 Å². The summed E-state index contributed by atoms with van der Waals surface area (Å²) in [6, 6.07) is 21.2. The molecule has 3 aromatic rings. The minimum absolute atomic E-state index is 0.161. The summed E-state index contributed by atoms with van der Waals surface area (Å²) in [6.07, 6.45) is 0. The van der Waals surface area contributed by atoms with Crippen LogP contribution < -0.4 is 10.6 Å². The zero-order valence-corrected chi connectivity index (χ0v) is 17.3. The fourth-order valence-corrected chi connectivity index (χ4v) is 2.97. The van der Waals surface area contributed by atoms with Gasteiger partial charge in [0.25, 0.3) is 0 Å². The van der Waals surface area contributed by atoms with Crippen LogP contribution in [0.3, 0.4) is 0 Å². The molecule has 0 saturated carbocycles. The van der Waals surface area contributed by atoms with E-state index in [2.05, 4.69) is 10.6 Å². The Labute approximate surface area is 185 Å². The number of aliphatic hydroxyl groups is 2. The van der Waals surface area contributed by atoms with Crippen molar-refractivity contribution in [3.05, 3.63) is 83.9 Å². The molecule has 32 heavy (non-hydrogen) atoms. The number of aliphatic hydroxyl groups excluding tert-OH is 2. The summed E-state index contributed by atoms with van der Waals surface area (Å²) in [7, 11) is 0. The fraction of sp³-hybridized carbons (Fsp3) is 0.167. The second-order valence-corrected chi connectivity index (χ2v) is 6.61. The van der Waals surface area contributed by atoms with Gasteiger partial charge in [-0.3, -0.25) is 0 Å². The van der Waals surface area contributed by atoms with Gasteiger partial charge >= 0.3 is 11.9 Å². The molecule has 0 atom stereocenters. The molecule has 0 aliphatic carbocycles. The first-order chi connectivity index (χ1) is 15.6. The minimum atomic E-state index is -0.663. The molecule has 0 fully saturated rings. The molecule has 8 nitrogen and oxygen atoms in total. The Hall–Kier alpha value is -3.88. The number of benzene rings is 3. The Morgan fingerprint density at radius 3 is 1.34 bits per heavy atom. The van der Waals surface area contributed by atoms with E-state index in [4.69, 9.17) is 19.7 Å². The predicted molar refractivity (Wildman–Crippen MR) is 121 cm³/mol. The van der Waals surface area contributed by atoms with Crippen LogP contribution in [0.2, 0.25) is 0 Å². The first kappa shape index (κ1) is 22.8. The van der Waals surface area contributed by atoms with Crippen LogP contribution >= 0.6 is 0 Å². The number of ether oxygens (including phenoxy) is 2. The lowest BCUT2D eigenvalue weighted by Gasteiger charge is -2.20. The summed E-state index contributed by atoms with van der Waals surface area (Å²) < 4.78 is 10.2. The van der Waals surface area contributed by atoms with E-state index in [0.717, 1.165) is 0 Å². The Balaban J connectivity index is 2.14. The molecular weight excluding hydrogens is 412 g/mol. The summed E-state index contributed by atoms with van der Waals surface area (Å²) in [5.41, 5.74) is 2.31. The van der Waals surface area contributed by atoms with E-state index in [1.807, 2.05) is 60.7 Å². The Kier molecular flexibility index (Phi) is 8.19. The molecule has 4 N–H and O–H groups in total. The first-order valence-electron chi connectivity index (χ1n) is 10.0. The topological polar surface area (TPSA) is 117 Å². The standard InChI is InChI=1S/C24H24N2O6/c27-13-15-31-23(29)19-11-12-20(24(30)32-16-14-28)22(26-18-9-5-2-6-10-18)21(19)25-17-7-3-1-4-8-17/h1-12,25-28H,13-16H2. The van der Waals surface area contributed by atoms with Gasteiger partial charge in [-0.25, -0.2) is 9.59 Å². The van der Waals surface area contributed by atoms with Crippen LogP contribution in [-0.2, 0) is 9.47 Å². The maximum Gasteiger partial charge on any atom is 0.340 e. The lowest BCUT2D eigenvalue weighted by atomic mass is 10.0. The van der Waals surface area contributed by atoms with Gasteiger partial charge in [0.2, 0.25) is 0 Å². The van der Waals surface area contributed by atoms with Crippen LogP contribution in [-0.4, -0.2) is 48.6 Å². The molecule has 3 aromatic carbocycles. The van der Waals surface area contributed by atoms with Gasteiger partial charge in [-0.1, -0.05) is 36.4 Å². The number of para-hydroxylation sites is 2. The molecule has 0 aromatic heterocycles. The Morgan fingerprint density at radius 2 is 1.00 bits per heavy atom. The summed E-state index contributed by atoms with van der Waals surface area (Å²) in [5, 5.41) is 24.4. The third-order valence-electron chi connectivity index (χ3n) is 4.38. The van der Waals surface area contributed by atoms with Crippen molar-refractivity contribution < 1.29 is 29.3 Å². The third-order valence-corrected chi connectivity index (χ3v) is 4.38. The van der Waals surface area contributed by atoms with Crippen molar-refractivity contribution in [3.8, 4) is 0 Å². The van der Waals surface area contributed by atoms with Gasteiger partial charge in [-0.2, -0.15) is 0 Å². The normalized spacial score (nSPS) is 10.3. The number of carbonyl (C=O) groups excluding carboxylic acids is 2. The van der Waals surface area contributed by atoms with Crippen molar-refractivity contribution in [1.29, 1.82) is 0 Å². The number of carbonyl (C=O) groups is 2. The van der Waals surface area contributed by atoms with Crippen LogP contribution in [0.15, 0.2) is 72.8 Å². The quantitative estimate of drug-likeness (QED) is 0.357. The number of anilines is 4. The monoisotopic (exact) mass is 436 g/mol. The average molecular weight is 436 g/mol. The SMILES string of the molecule is O=C(OCCO)c1ccc(C(=O)OCCO)c(Nc2ccccc2)c1Nc1ccccc1. The predicted octanol–water partition coefficient (Wildman–Crippen LogP) is 3.47. The van der Waals surface area contributed by atoms with Gasteiger partial charge in [0, 0.05) is 11.4 Å². The molecular formula is C24H24N2O6. The van der Waals surface area contributed by atoms with E-state index in [1.54, 1.807) is 0 Å². The summed E-state index contributed by atoms with van der Waals surface area (Å²) in [4.78, 5) is 25.4. The third kappa shape index (κ3) is 5.84.